The van der Waals surface area contributed by atoms with Crippen LogP contribution < -0.4 is 0 Å². The van der Waals surface area contributed by atoms with Crippen LogP contribution in [0.15, 0.2) is 12.1 Å². The highest BCUT2D eigenvalue weighted by atomic mass is 16.3. The molecule has 0 atom stereocenters. The van der Waals surface area contributed by atoms with Crippen molar-refractivity contribution in [1.29, 1.82) is 0 Å². The second-order valence-corrected chi connectivity index (χ2v) is 3.21. The zero-order valence-corrected chi connectivity index (χ0v) is 7.48. The molecule has 0 fully saturated rings. The maximum Gasteiger partial charge on any atom is 0.233 e. The summed E-state index contributed by atoms with van der Waals surface area (Å²) < 4.78 is 0. The molecule has 0 amide bonds. The standard InChI is InChI=1S/C10H6O5/c11-4-1-2-5(12)9-8(4)6(13)3-7(14)10(9)15/h1-2,11-12H,3H2. The van der Waals surface area contributed by atoms with Gasteiger partial charge in [0, 0.05) is 0 Å². The number of ketones is 3. The van der Waals surface area contributed by atoms with E-state index in [1.165, 1.54) is 0 Å². The van der Waals surface area contributed by atoms with Gasteiger partial charge in [0.25, 0.3) is 0 Å². The van der Waals surface area contributed by atoms with Crippen molar-refractivity contribution in [2.45, 2.75) is 6.42 Å². The van der Waals surface area contributed by atoms with Gasteiger partial charge in [0.05, 0.1) is 17.5 Å². The Balaban J connectivity index is 2.81. The monoisotopic (exact) mass is 206 g/mol. The van der Waals surface area contributed by atoms with Crippen LogP contribution in [0.5, 0.6) is 11.5 Å². The zero-order chi connectivity index (χ0) is 11.2. The minimum Gasteiger partial charge on any atom is -0.507 e. The minimum absolute atomic E-state index is 0.264. The maximum absolute atomic E-state index is 11.4. The molecule has 0 radical (unpaired) electrons. The van der Waals surface area contributed by atoms with E-state index < -0.39 is 40.8 Å². The van der Waals surface area contributed by atoms with Gasteiger partial charge in [0.15, 0.2) is 5.78 Å². The average Bonchev–Trinajstić information content (AvgIpc) is 2.18. The van der Waals surface area contributed by atoms with E-state index >= 15 is 0 Å². The number of carbonyl (C=O) groups excluding carboxylic acids is 3. The van der Waals surface area contributed by atoms with Gasteiger partial charge in [-0.15, -0.1) is 0 Å². The van der Waals surface area contributed by atoms with E-state index in [9.17, 15) is 24.6 Å². The van der Waals surface area contributed by atoms with Crippen LogP contribution in [0.2, 0.25) is 0 Å². The Hall–Kier alpha value is -2.17. The van der Waals surface area contributed by atoms with Crippen LogP contribution in [0.3, 0.4) is 0 Å². The highest BCUT2D eigenvalue weighted by Crippen LogP contribution is 2.33. The number of phenols is 2. The fraction of sp³-hybridized carbons (Fsp3) is 0.100. The summed E-state index contributed by atoms with van der Waals surface area (Å²) in [4.78, 5) is 33.8. The average molecular weight is 206 g/mol. The Labute approximate surface area is 84.0 Å². The fourth-order valence-electron chi connectivity index (χ4n) is 1.55. The largest absolute Gasteiger partial charge is 0.507 e. The smallest absolute Gasteiger partial charge is 0.233 e. The molecule has 0 aromatic heterocycles. The molecule has 0 saturated heterocycles. The molecule has 76 valence electrons. The Kier molecular flexibility index (Phi) is 1.82. The van der Waals surface area contributed by atoms with Gasteiger partial charge in [0.1, 0.15) is 11.5 Å². The lowest BCUT2D eigenvalue weighted by molar-refractivity contribution is -0.114. The molecule has 0 heterocycles. The second-order valence-electron chi connectivity index (χ2n) is 3.21. The van der Waals surface area contributed by atoms with Crippen molar-refractivity contribution >= 4 is 17.3 Å². The van der Waals surface area contributed by atoms with E-state index in [1.807, 2.05) is 0 Å². The third-order valence-electron chi connectivity index (χ3n) is 2.24. The maximum atomic E-state index is 11.4. The number of carbonyl (C=O) groups is 3. The number of fused-ring (bicyclic) bond motifs is 1. The van der Waals surface area contributed by atoms with Gasteiger partial charge in [-0.25, -0.2) is 0 Å². The second kappa shape index (κ2) is 2.91. The molecule has 1 aliphatic rings. The summed E-state index contributed by atoms with van der Waals surface area (Å²) in [6.45, 7) is 0. The molecular weight excluding hydrogens is 200 g/mol. The highest BCUT2D eigenvalue weighted by Gasteiger charge is 2.35. The Morgan fingerprint density at radius 2 is 1.40 bits per heavy atom. The lowest BCUT2D eigenvalue weighted by Crippen LogP contribution is -2.26. The molecule has 0 unspecified atom stereocenters. The number of hydrogen-bond donors (Lipinski definition) is 2. The third kappa shape index (κ3) is 1.20. The van der Waals surface area contributed by atoms with Gasteiger partial charge >= 0.3 is 0 Å². The van der Waals surface area contributed by atoms with Crippen LogP contribution in [0.25, 0.3) is 0 Å². The van der Waals surface area contributed by atoms with E-state index in [0.29, 0.717) is 0 Å². The van der Waals surface area contributed by atoms with Crippen molar-refractivity contribution in [3.05, 3.63) is 23.3 Å². The van der Waals surface area contributed by atoms with Gasteiger partial charge in [-0.1, -0.05) is 0 Å². The van der Waals surface area contributed by atoms with Crippen molar-refractivity contribution in [2.75, 3.05) is 0 Å². The van der Waals surface area contributed by atoms with Crippen molar-refractivity contribution < 1.29 is 24.6 Å². The molecule has 1 aromatic carbocycles. The van der Waals surface area contributed by atoms with E-state index in [1.54, 1.807) is 0 Å². The summed E-state index contributed by atoms with van der Waals surface area (Å²) in [7, 11) is 0. The van der Waals surface area contributed by atoms with Gasteiger partial charge in [-0.3, -0.25) is 14.4 Å². The number of hydrogen-bond acceptors (Lipinski definition) is 5. The number of Topliss-reactive ketones (excluding diaryl/α,β-unsaturated/α-hetero) is 3. The molecule has 0 aliphatic heterocycles. The third-order valence-corrected chi connectivity index (χ3v) is 2.24. The molecule has 5 heteroatoms. The van der Waals surface area contributed by atoms with Crippen molar-refractivity contribution in [3.63, 3.8) is 0 Å². The number of rotatable bonds is 0. The van der Waals surface area contributed by atoms with Crippen LogP contribution in [0.4, 0.5) is 0 Å². The summed E-state index contributed by atoms with van der Waals surface area (Å²) in [5.41, 5.74) is -0.657. The lowest BCUT2D eigenvalue weighted by atomic mass is 9.87. The molecule has 1 aliphatic carbocycles. The lowest BCUT2D eigenvalue weighted by Gasteiger charge is -2.14. The highest BCUT2D eigenvalue weighted by molar-refractivity contribution is 6.51. The zero-order valence-electron chi connectivity index (χ0n) is 7.48. The van der Waals surface area contributed by atoms with Crippen molar-refractivity contribution in [2.24, 2.45) is 0 Å². The first-order valence-corrected chi connectivity index (χ1v) is 4.18. The van der Waals surface area contributed by atoms with Gasteiger partial charge in [-0.05, 0) is 12.1 Å². The van der Waals surface area contributed by atoms with E-state index in [4.69, 9.17) is 0 Å². The van der Waals surface area contributed by atoms with Crippen LogP contribution >= 0.6 is 0 Å². The molecule has 0 saturated carbocycles. The summed E-state index contributed by atoms with van der Waals surface area (Å²) in [5, 5.41) is 18.7. The van der Waals surface area contributed by atoms with Gasteiger partial charge < -0.3 is 10.2 Å². The predicted molar refractivity (Wildman–Crippen MR) is 48.1 cm³/mol. The van der Waals surface area contributed by atoms with Gasteiger partial charge in [-0.2, -0.15) is 0 Å². The molecular formula is C10H6O5. The number of phenolic OH excluding ortho intramolecular Hbond substituents is 2. The first-order chi connectivity index (χ1) is 7.02. The van der Waals surface area contributed by atoms with Crippen LogP contribution in [0.1, 0.15) is 27.1 Å². The molecule has 2 rings (SSSR count). The summed E-state index contributed by atoms with van der Waals surface area (Å²) in [6.07, 6.45) is -0.553. The van der Waals surface area contributed by atoms with Crippen LogP contribution in [-0.2, 0) is 4.79 Å². The predicted octanol–water partition coefficient (Wildman–Crippen LogP) is 0.436. The SMILES string of the molecule is O=C1CC(=O)c2c(O)ccc(O)c2C1=O. The summed E-state index contributed by atoms with van der Waals surface area (Å²) in [5.74, 6) is -3.31. The van der Waals surface area contributed by atoms with Crippen LogP contribution in [-0.4, -0.2) is 27.6 Å². The first kappa shape index (κ1) is 9.39. The molecule has 1 aromatic rings. The van der Waals surface area contributed by atoms with E-state index in [2.05, 4.69) is 0 Å². The Bertz CT molecular complexity index is 501. The van der Waals surface area contributed by atoms with Gasteiger partial charge in [0.2, 0.25) is 11.6 Å². The number of benzene rings is 1. The summed E-state index contributed by atoms with van der Waals surface area (Å²) in [6, 6.07) is 2.17. The topological polar surface area (TPSA) is 91.7 Å². The number of aromatic hydroxyl groups is 2. The molecule has 0 bridgehead atoms. The summed E-state index contributed by atoms with van der Waals surface area (Å²) >= 11 is 0. The normalized spacial score (nSPS) is 15.3. The molecule has 0 spiro atoms. The quantitative estimate of drug-likeness (QED) is 0.365. The fourth-order valence-corrected chi connectivity index (χ4v) is 1.55. The first-order valence-electron chi connectivity index (χ1n) is 4.18. The molecule has 5 nitrogen and oxygen atoms in total. The minimum atomic E-state index is -0.932. The van der Waals surface area contributed by atoms with Crippen LogP contribution in [0, 0.1) is 0 Å². The van der Waals surface area contributed by atoms with E-state index in [-0.39, 0.29) is 5.56 Å². The van der Waals surface area contributed by atoms with Crippen molar-refractivity contribution in [1.82, 2.24) is 0 Å². The Morgan fingerprint density at radius 1 is 0.867 bits per heavy atom. The molecule has 2 N–H and O–H groups in total. The molecule has 15 heavy (non-hydrogen) atoms. The van der Waals surface area contributed by atoms with Crippen molar-refractivity contribution in [3.8, 4) is 11.5 Å². The van der Waals surface area contributed by atoms with E-state index in [0.717, 1.165) is 12.1 Å². The Morgan fingerprint density at radius 3 is 2.00 bits per heavy atom.